The van der Waals surface area contributed by atoms with Gasteiger partial charge in [-0.1, -0.05) is 30.7 Å². The van der Waals surface area contributed by atoms with Crippen molar-refractivity contribution in [3.05, 3.63) is 77.3 Å². The molecule has 10 nitrogen and oxygen atoms in total. The van der Waals surface area contributed by atoms with Crippen molar-refractivity contribution in [3.63, 3.8) is 0 Å². The normalized spacial score (nSPS) is 11.8. The van der Waals surface area contributed by atoms with Gasteiger partial charge in [0.05, 0.1) is 31.9 Å². The zero-order valence-corrected chi connectivity index (χ0v) is 25.2. The van der Waals surface area contributed by atoms with Crippen molar-refractivity contribution in [1.82, 2.24) is 10.2 Å². The Morgan fingerprint density at radius 1 is 0.902 bits per heavy atom. The van der Waals surface area contributed by atoms with Gasteiger partial charge in [-0.2, -0.15) is 0 Å². The Labute approximate surface area is 245 Å². The Kier molecular flexibility index (Phi) is 10.8. The van der Waals surface area contributed by atoms with E-state index in [1.807, 2.05) is 0 Å². The monoisotopic (exact) mass is 603 g/mol. The molecule has 0 aromatic heterocycles. The van der Waals surface area contributed by atoms with Crippen molar-refractivity contribution in [3.8, 4) is 17.2 Å². The van der Waals surface area contributed by atoms with Crippen molar-refractivity contribution in [2.45, 2.75) is 30.8 Å². The molecule has 0 aliphatic heterocycles. The van der Waals surface area contributed by atoms with E-state index in [0.29, 0.717) is 22.9 Å². The molecule has 3 aromatic carbocycles. The highest BCUT2D eigenvalue weighted by atomic mass is 35.5. The van der Waals surface area contributed by atoms with Gasteiger partial charge in [-0.3, -0.25) is 13.9 Å². The van der Waals surface area contributed by atoms with Gasteiger partial charge in [0.15, 0.2) is 11.5 Å². The summed E-state index contributed by atoms with van der Waals surface area (Å²) in [6, 6.07) is 16.5. The maximum atomic E-state index is 14.0. The molecule has 2 amide bonds. The Hall–Kier alpha value is -3.96. The minimum atomic E-state index is -4.30. The number of hydrogen-bond acceptors (Lipinski definition) is 7. The molecule has 3 rings (SSSR count). The summed E-state index contributed by atoms with van der Waals surface area (Å²) in [5.74, 6) is 0.260. The van der Waals surface area contributed by atoms with Crippen molar-refractivity contribution >= 4 is 39.1 Å². The fourth-order valence-corrected chi connectivity index (χ4v) is 5.81. The molecule has 0 aliphatic rings. The van der Waals surface area contributed by atoms with Crippen molar-refractivity contribution < 1.29 is 32.2 Å². The third-order valence-electron chi connectivity index (χ3n) is 6.48. The molecule has 0 saturated heterocycles. The highest BCUT2D eigenvalue weighted by Crippen LogP contribution is 2.33. The number of methoxy groups -OCH3 is 3. The molecule has 0 fully saturated rings. The molecule has 0 unspecified atom stereocenters. The first-order valence-corrected chi connectivity index (χ1v) is 14.6. The number of ether oxygens (including phenoxy) is 3. The van der Waals surface area contributed by atoms with Crippen LogP contribution in [0.25, 0.3) is 0 Å². The third-order valence-corrected chi connectivity index (χ3v) is 8.50. The smallest absolute Gasteiger partial charge is 0.264 e. The van der Waals surface area contributed by atoms with Crippen LogP contribution in [0.15, 0.2) is 71.6 Å². The van der Waals surface area contributed by atoms with Gasteiger partial charge in [0, 0.05) is 24.7 Å². The molecule has 1 N–H and O–H groups in total. The first kappa shape index (κ1) is 31.6. The number of amides is 2. The molecule has 0 bridgehead atoms. The number of carbonyl (C=O) groups excluding carboxylic acids is 2. The van der Waals surface area contributed by atoms with Crippen LogP contribution < -0.4 is 23.8 Å². The van der Waals surface area contributed by atoms with E-state index in [1.165, 1.54) is 68.6 Å². The number of likely N-dealkylation sites (N-methyl/N-ethyl adjacent to an activating group) is 1. The van der Waals surface area contributed by atoms with Crippen molar-refractivity contribution in [1.29, 1.82) is 0 Å². The van der Waals surface area contributed by atoms with Gasteiger partial charge in [-0.25, -0.2) is 8.42 Å². The number of nitrogens with zero attached hydrogens (tertiary/aromatic N) is 2. The van der Waals surface area contributed by atoms with Crippen LogP contribution in [0.4, 0.5) is 5.69 Å². The second kappa shape index (κ2) is 14.1. The molecule has 3 aromatic rings. The van der Waals surface area contributed by atoms with Crippen LogP contribution in [0.5, 0.6) is 17.2 Å². The lowest BCUT2D eigenvalue weighted by atomic mass is 10.1. The van der Waals surface area contributed by atoms with Crippen molar-refractivity contribution in [2.24, 2.45) is 0 Å². The number of halogens is 1. The molecule has 0 heterocycles. The molecular weight excluding hydrogens is 570 g/mol. The van der Waals surface area contributed by atoms with Gasteiger partial charge in [-0.05, 0) is 60.5 Å². The summed E-state index contributed by atoms with van der Waals surface area (Å²) in [5.41, 5.74) is 0.956. The van der Waals surface area contributed by atoms with E-state index < -0.39 is 28.5 Å². The average molecular weight is 604 g/mol. The average Bonchev–Trinajstić information content (AvgIpc) is 2.99. The molecule has 0 spiro atoms. The molecule has 12 heteroatoms. The summed E-state index contributed by atoms with van der Waals surface area (Å²) < 4.78 is 44.8. The molecule has 1 atom stereocenters. The topological polar surface area (TPSA) is 114 Å². The van der Waals surface area contributed by atoms with Gasteiger partial charge in [-0.15, -0.1) is 0 Å². The fourth-order valence-electron chi connectivity index (χ4n) is 4.25. The summed E-state index contributed by atoms with van der Waals surface area (Å²) in [5, 5.41) is 3.00. The number of anilines is 1. The number of benzene rings is 3. The third kappa shape index (κ3) is 7.42. The number of rotatable bonds is 13. The maximum absolute atomic E-state index is 14.0. The summed E-state index contributed by atoms with van der Waals surface area (Å²) in [6.07, 6.45) is 0.310. The maximum Gasteiger partial charge on any atom is 0.264 e. The van der Waals surface area contributed by atoms with E-state index in [4.69, 9.17) is 25.8 Å². The van der Waals surface area contributed by atoms with Crippen LogP contribution in [0, 0.1) is 0 Å². The molecule has 41 heavy (non-hydrogen) atoms. The summed E-state index contributed by atoms with van der Waals surface area (Å²) >= 11 is 6.07. The molecule has 0 radical (unpaired) electrons. The van der Waals surface area contributed by atoms with Gasteiger partial charge in [0.1, 0.15) is 18.3 Å². The zero-order valence-electron chi connectivity index (χ0n) is 23.6. The highest BCUT2D eigenvalue weighted by Gasteiger charge is 2.33. The summed E-state index contributed by atoms with van der Waals surface area (Å²) in [7, 11) is 1.58. The van der Waals surface area contributed by atoms with Crippen LogP contribution >= 0.6 is 11.6 Å². The molecule has 220 valence electrons. The van der Waals surface area contributed by atoms with Crippen LogP contribution in [-0.2, 0) is 26.2 Å². The van der Waals surface area contributed by atoms with Crippen LogP contribution in [-0.4, -0.2) is 66.1 Å². The van der Waals surface area contributed by atoms with Gasteiger partial charge in [0.2, 0.25) is 11.8 Å². The quantitative estimate of drug-likeness (QED) is 0.313. The number of sulfonamides is 1. The van der Waals surface area contributed by atoms with E-state index >= 15 is 0 Å². The lowest BCUT2D eigenvalue weighted by molar-refractivity contribution is -0.140. The summed E-state index contributed by atoms with van der Waals surface area (Å²) in [6.45, 7) is 1.27. The van der Waals surface area contributed by atoms with E-state index in [9.17, 15) is 18.0 Å². The largest absolute Gasteiger partial charge is 0.497 e. The predicted octanol–water partition coefficient (Wildman–Crippen LogP) is 4.11. The predicted molar refractivity (Wildman–Crippen MR) is 157 cm³/mol. The molecular formula is C29H34ClN3O7S. The number of nitrogens with one attached hydrogen (secondary N) is 1. The number of hydrogen-bond donors (Lipinski definition) is 1. The Morgan fingerprint density at radius 2 is 1.54 bits per heavy atom. The second-order valence-corrected chi connectivity index (χ2v) is 11.2. The first-order valence-electron chi connectivity index (χ1n) is 12.7. The lowest BCUT2D eigenvalue weighted by Gasteiger charge is -2.33. The van der Waals surface area contributed by atoms with E-state index in [0.717, 1.165) is 9.87 Å². The standard InChI is InChI=1S/C29H34ClN3O7S/c1-6-25(29(35)31-2)32(18-20-7-13-23(38-3)14-8-20)28(34)19-33(22-11-9-21(30)10-12-22)41(36,37)24-15-16-26(39-4)27(17-24)40-5/h7-17,25H,6,18-19H2,1-5H3,(H,31,35)/t25-/m0/s1. The van der Waals surface area contributed by atoms with E-state index in [2.05, 4.69) is 5.32 Å². The fraction of sp³-hybridized carbons (Fsp3) is 0.310. The Bertz CT molecular complexity index is 1450. The zero-order chi connectivity index (χ0) is 30.2. The molecule has 0 aliphatic carbocycles. The minimum absolute atomic E-state index is 0.0691. The minimum Gasteiger partial charge on any atom is -0.497 e. The lowest BCUT2D eigenvalue weighted by Crippen LogP contribution is -2.51. The molecule has 0 saturated carbocycles. The second-order valence-electron chi connectivity index (χ2n) is 8.91. The van der Waals surface area contributed by atoms with Crippen LogP contribution in [0.1, 0.15) is 18.9 Å². The Morgan fingerprint density at radius 3 is 2.07 bits per heavy atom. The first-order chi connectivity index (χ1) is 19.6. The SMILES string of the molecule is CC[C@@H](C(=O)NC)N(Cc1ccc(OC)cc1)C(=O)CN(c1ccc(Cl)cc1)S(=O)(=O)c1ccc(OC)c(OC)c1. The van der Waals surface area contributed by atoms with Crippen LogP contribution in [0.3, 0.4) is 0 Å². The number of carbonyl (C=O) groups is 2. The van der Waals surface area contributed by atoms with E-state index in [-0.39, 0.29) is 28.8 Å². The summed E-state index contributed by atoms with van der Waals surface area (Å²) in [4.78, 5) is 28.1. The van der Waals surface area contributed by atoms with Crippen LogP contribution in [0.2, 0.25) is 5.02 Å². The van der Waals surface area contributed by atoms with Gasteiger partial charge in [0.25, 0.3) is 10.0 Å². The Balaban J connectivity index is 2.08. The van der Waals surface area contributed by atoms with Gasteiger partial charge < -0.3 is 24.4 Å². The highest BCUT2D eigenvalue weighted by molar-refractivity contribution is 7.92. The van der Waals surface area contributed by atoms with Gasteiger partial charge >= 0.3 is 0 Å². The van der Waals surface area contributed by atoms with E-state index in [1.54, 1.807) is 38.3 Å². The van der Waals surface area contributed by atoms with Crippen molar-refractivity contribution in [2.75, 3.05) is 39.2 Å².